The summed E-state index contributed by atoms with van der Waals surface area (Å²) in [5.74, 6) is -0.629. The number of unbranched alkanes of at least 4 members (excludes halogenated alkanes) is 2. The number of nitrogens with zero attached hydrogens (tertiary/aromatic N) is 2. The maximum absolute atomic E-state index is 11.9. The summed E-state index contributed by atoms with van der Waals surface area (Å²) in [6.45, 7) is 0.549. The van der Waals surface area contributed by atoms with Crippen LogP contribution in [-0.2, 0) is 4.79 Å². The third-order valence-electron chi connectivity index (χ3n) is 4.36. The Balaban J connectivity index is 1.40. The maximum Gasteiger partial charge on any atom is 0.264 e. The molecule has 0 saturated heterocycles. The van der Waals surface area contributed by atoms with E-state index in [4.69, 9.17) is 11.6 Å². The van der Waals surface area contributed by atoms with Crippen molar-refractivity contribution in [3.8, 4) is 5.88 Å². The fraction of sp³-hybridized carbons (Fsp3) is 0.238. The van der Waals surface area contributed by atoms with Gasteiger partial charge < -0.3 is 15.4 Å². The molecule has 0 aliphatic heterocycles. The number of nitrogens with one attached hydrogen (secondary N) is 2. The van der Waals surface area contributed by atoms with Crippen molar-refractivity contribution >= 4 is 40.0 Å². The van der Waals surface area contributed by atoms with E-state index in [1.165, 1.54) is 0 Å². The molecule has 0 spiro atoms. The quantitative estimate of drug-likeness (QED) is 0.352. The lowest BCUT2D eigenvalue weighted by molar-refractivity contribution is -0.118. The molecule has 0 aliphatic carbocycles. The van der Waals surface area contributed by atoms with Crippen LogP contribution in [0.2, 0.25) is 5.02 Å². The zero-order valence-electron chi connectivity index (χ0n) is 15.7. The molecule has 0 radical (unpaired) electrons. The Morgan fingerprint density at radius 1 is 1.07 bits per heavy atom. The van der Waals surface area contributed by atoms with Crippen LogP contribution in [0.3, 0.4) is 0 Å². The van der Waals surface area contributed by atoms with Crippen molar-refractivity contribution in [2.24, 2.45) is 10.2 Å². The van der Waals surface area contributed by atoms with E-state index >= 15 is 0 Å². The molecule has 0 fully saturated rings. The van der Waals surface area contributed by atoms with Crippen molar-refractivity contribution in [2.75, 3.05) is 6.54 Å². The van der Waals surface area contributed by atoms with Gasteiger partial charge in [-0.2, -0.15) is 0 Å². The van der Waals surface area contributed by atoms with Crippen LogP contribution in [-0.4, -0.2) is 28.4 Å². The van der Waals surface area contributed by atoms with Crippen LogP contribution >= 0.6 is 11.6 Å². The molecule has 0 aliphatic rings. The molecule has 1 heterocycles. The number of carbonyl (C=O) groups is 2. The van der Waals surface area contributed by atoms with Crippen LogP contribution in [0, 0.1) is 0 Å². The number of aromatic hydroxyl groups is 1. The van der Waals surface area contributed by atoms with Gasteiger partial charge in [0.05, 0.1) is 5.52 Å². The highest BCUT2D eigenvalue weighted by molar-refractivity contribution is 6.31. The van der Waals surface area contributed by atoms with E-state index in [9.17, 15) is 14.7 Å². The molecular weight excluding hydrogens is 392 g/mol. The van der Waals surface area contributed by atoms with Gasteiger partial charge in [-0.05, 0) is 43.2 Å². The number of aromatic amines is 1. The fourth-order valence-electron chi connectivity index (χ4n) is 2.86. The smallest absolute Gasteiger partial charge is 0.264 e. The first kappa shape index (κ1) is 20.5. The van der Waals surface area contributed by atoms with E-state index in [0.29, 0.717) is 34.5 Å². The predicted octanol–water partition coefficient (Wildman–Crippen LogP) is 5.13. The van der Waals surface area contributed by atoms with Crippen molar-refractivity contribution in [3.63, 3.8) is 0 Å². The van der Waals surface area contributed by atoms with Gasteiger partial charge in [0, 0.05) is 28.9 Å². The van der Waals surface area contributed by atoms with Crippen LogP contribution in [0.4, 0.5) is 5.69 Å². The number of H-pyrrole nitrogens is 1. The highest BCUT2D eigenvalue weighted by Crippen LogP contribution is 2.36. The zero-order chi connectivity index (χ0) is 20.6. The molecule has 3 N–H and O–H groups in total. The van der Waals surface area contributed by atoms with Crippen molar-refractivity contribution in [2.45, 2.75) is 25.7 Å². The van der Waals surface area contributed by atoms with Gasteiger partial charge in [-0.25, -0.2) is 0 Å². The van der Waals surface area contributed by atoms with Gasteiger partial charge in [-0.3, -0.25) is 9.59 Å². The average molecular weight is 413 g/mol. The van der Waals surface area contributed by atoms with E-state index in [-0.39, 0.29) is 29.8 Å². The molecule has 3 rings (SSSR count). The fourth-order valence-corrected chi connectivity index (χ4v) is 3.04. The average Bonchev–Trinajstić information content (AvgIpc) is 3.03. The van der Waals surface area contributed by atoms with Gasteiger partial charge in [-0.15, -0.1) is 10.2 Å². The Morgan fingerprint density at radius 3 is 2.66 bits per heavy atom. The molecule has 0 saturated carbocycles. The predicted molar refractivity (Wildman–Crippen MR) is 112 cm³/mol. The number of amides is 2. The summed E-state index contributed by atoms with van der Waals surface area (Å²) in [4.78, 5) is 26.6. The molecular formula is C21H21ClN4O3. The van der Waals surface area contributed by atoms with Crippen molar-refractivity contribution in [1.29, 1.82) is 0 Å². The number of fused-ring (bicyclic) bond motifs is 1. The molecule has 2 aromatic carbocycles. The summed E-state index contributed by atoms with van der Waals surface area (Å²) >= 11 is 5.97. The lowest BCUT2D eigenvalue weighted by Crippen LogP contribution is -2.24. The Morgan fingerprint density at radius 2 is 1.86 bits per heavy atom. The van der Waals surface area contributed by atoms with Crippen LogP contribution in [0.25, 0.3) is 10.9 Å². The third kappa shape index (κ3) is 5.65. The summed E-state index contributed by atoms with van der Waals surface area (Å²) in [6, 6.07) is 14.1. The number of hydrogen-bond donors (Lipinski definition) is 3. The zero-order valence-corrected chi connectivity index (χ0v) is 16.4. The van der Waals surface area contributed by atoms with Gasteiger partial charge in [0.15, 0.2) is 5.69 Å². The van der Waals surface area contributed by atoms with Crippen molar-refractivity contribution in [3.05, 3.63) is 59.1 Å². The summed E-state index contributed by atoms with van der Waals surface area (Å²) in [7, 11) is 0. The number of hydrogen-bond acceptors (Lipinski definition) is 4. The first-order valence-electron chi connectivity index (χ1n) is 9.32. The van der Waals surface area contributed by atoms with E-state index in [1.807, 2.05) is 18.2 Å². The van der Waals surface area contributed by atoms with E-state index in [0.717, 1.165) is 12.8 Å². The van der Waals surface area contributed by atoms with Gasteiger partial charge in [-0.1, -0.05) is 36.2 Å². The lowest BCUT2D eigenvalue weighted by Gasteiger charge is -2.04. The summed E-state index contributed by atoms with van der Waals surface area (Å²) in [6.07, 6.45) is 2.44. The van der Waals surface area contributed by atoms with E-state index in [2.05, 4.69) is 20.5 Å². The topological polar surface area (TPSA) is 107 Å². The molecule has 0 bridgehead atoms. The Hall–Kier alpha value is -3.19. The standard InChI is InChI=1S/C21H21ClN4O3/c22-15-10-11-17-16(13-15)19(21(29)24-17)26-25-18(27)9-5-2-6-12-23-20(28)14-7-3-1-4-8-14/h1,3-4,7-8,10-11,13,24,29H,2,5-6,9,12H2,(H,23,28). The minimum atomic E-state index is -0.367. The minimum Gasteiger partial charge on any atom is -0.493 e. The van der Waals surface area contributed by atoms with Gasteiger partial charge in [0.1, 0.15) is 0 Å². The number of aromatic nitrogens is 1. The van der Waals surface area contributed by atoms with Gasteiger partial charge in [0.2, 0.25) is 5.88 Å². The van der Waals surface area contributed by atoms with Crippen LogP contribution in [0.15, 0.2) is 58.8 Å². The minimum absolute atomic E-state index is 0.103. The molecule has 150 valence electrons. The number of halogens is 1. The molecule has 0 atom stereocenters. The Labute approximate surface area is 172 Å². The third-order valence-corrected chi connectivity index (χ3v) is 4.60. The number of rotatable bonds is 8. The first-order valence-corrected chi connectivity index (χ1v) is 9.70. The summed E-state index contributed by atoms with van der Waals surface area (Å²) in [5.41, 5.74) is 1.48. The Kier molecular flexibility index (Phi) is 6.97. The van der Waals surface area contributed by atoms with Gasteiger partial charge >= 0.3 is 0 Å². The molecule has 8 heteroatoms. The van der Waals surface area contributed by atoms with Gasteiger partial charge in [0.25, 0.3) is 11.8 Å². The summed E-state index contributed by atoms with van der Waals surface area (Å²) in [5, 5.41) is 21.5. The molecule has 3 aromatic rings. The maximum atomic E-state index is 11.9. The molecule has 0 unspecified atom stereocenters. The number of carbonyl (C=O) groups excluding carboxylic acids is 2. The van der Waals surface area contributed by atoms with Crippen molar-refractivity contribution < 1.29 is 14.7 Å². The Bertz CT molecular complexity index is 1030. The second kappa shape index (κ2) is 9.84. The van der Waals surface area contributed by atoms with Crippen LogP contribution in [0.5, 0.6) is 5.88 Å². The largest absolute Gasteiger partial charge is 0.493 e. The second-order valence-electron chi connectivity index (χ2n) is 6.54. The van der Waals surface area contributed by atoms with Crippen LogP contribution < -0.4 is 5.32 Å². The highest BCUT2D eigenvalue weighted by atomic mass is 35.5. The second-order valence-corrected chi connectivity index (χ2v) is 6.97. The first-order chi connectivity index (χ1) is 14.0. The molecule has 2 amide bonds. The summed E-state index contributed by atoms with van der Waals surface area (Å²) < 4.78 is 0. The lowest BCUT2D eigenvalue weighted by atomic mass is 10.2. The van der Waals surface area contributed by atoms with Crippen molar-refractivity contribution in [1.82, 2.24) is 10.3 Å². The monoisotopic (exact) mass is 412 g/mol. The van der Waals surface area contributed by atoms with Crippen LogP contribution in [0.1, 0.15) is 36.0 Å². The SMILES string of the molecule is O=C(CCCCCNC(=O)c1ccccc1)N=Nc1c(O)[nH]c2ccc(Cl)cc12. The number of benzene rings is 2. The van der Waals surface area contributed by atoms with E-state index in [1.54, 1.807) is 30.3 Å². The molecule has 7 nitrogen and oxygen atoms in total. The highest BCUT2D eigenvalue weighted by Gasteiger charge is 2.11. The molecule has 1 aromatic heterocycles. The van der Waals surface area contributed by atoms with E-state index < -0.39 is 0 Å². The number of azo groups is 1. The molecule has 29 heavy (non-hydrogen) atoms. The normalized spacial score (nSPS) is 11.2.